The number of carbonyl (C=O) groups excluding carboxylic acids is 1. The Morgan fingerprint density at radius 3 is 2.64 bits per heavy atom. The Morgan fingerprint density at radius 2 is 2.27 bits per heavy atom. The molecule has 0 saturated heterocycles. The Bertz CT molecular complexity index is 151. The largest absolute Gasteiger partial charge is 0.513 e. The van der Waals surface area contributed by atoms with E-state index in [9.17, 15) is 4.79 Å². The molecular weight excluding hydrogens is 144 g/mol. The summed E-state index contributed by atoms with van der Waals surface area (Å²) in [6.45, 7) is 6.47. The summed E-state index contributed by atoms with van der Waals surface area (Å²) in [6.07, 6.45) is 0.958. The predicted octanol–water partition coefficient (Wildman–Crippen LogP) is 1.79. The first-order chi connectivity index (χ1) is 5.02. The molecule has 0 spiro atoms. The molecule has 0 bridgehead atoms. The van der Waals surface area contributed by atoms with Crippen LogP contribution in [0.2, 0.25) is 0 Å². The van der Waals surface area contributed by atoms with E-state index in [2.05, 4.69) is 6.58 Å². The highest BCUT2D eigenvalue weighted by Gasteiger charge is 2.04. The fourth-order valence-electron chi connectivity index (χ4n) is 0.712. The molecule has 3 heteroatoms. The molecule has 0 fully saturated rings. The molecule has 0 aromatic carbocycles. The van der Waals surface area contributed by atoms with Crippen LogP contribution in [0, 0.1) is 0 Å². The fraction of sp³-hybridized carbons (Fsp3) is 0.625. The molecule has 1 atom stereocenters. The quantitative estimate of drug-likeness (QED) is 0.501. The highest BCUT2D eigenvalue weighted by atomic mass is 16.5. The van der Waals surface area contributed by atoms with Crippen molar-refractivity contribution >= 4 is 5.97 Å². The first kappa shape index (κ1) is 10.0. The molecular formula is C8H14O3. The zero-order chi connectivity index (χ0) is 8.85. The van der Waals surface area contributed by atoms with Crippen molar-refractivity contribution in [2.24, 2.45) is 0 Å². The first-order valence-electron chi connectivity index (χ1n) is 3.56. The Kier molecular flexibility index (Phi) is 4.34. The number of hydrogen-bond acceptors (Lipinski definition) is 3. The van der Waals surface area contributed by atoms with Crippen LogP contribution in [0.4, 0.5) is 0 Å². The molecule has 0 rings (SSSR count). The molecule has 0 amide bonds. The standard InChI is InChI=1S/C8H14O3/c1-6(9)4-5-7(2)11-8(3)10/h7,9H,1,4-5H2,2-3H3. The molecule has 11 heavy (non-hydrogen) atoms. The van der Waals surface area contributed by atoms with Gasteiger partial charge in [0.15, 0.2) is 0 Å². The second-order valence-electron chi connectivity index (χ2n) is 2.52. The molecule has 0 aliphatic rings. The van der Waals surface area contributed by atoms with E-state index in [0.717, 1.165) is 0 Å². The summed E-state index contributed by atoms with van der Waals surface area (Å²) in [7, 11) is 0. The Morgan fingerprint density at radius 1 is 1.73 bits per heavy atom. The van der Waals surface area contributed by atoms with E-state index >= 15 is 0 Å². The average molecular weight is 158 g/mol. The van der Waals surface area contributed by atoms with Gasteiger partial charge in [-0.15, -0.1) is 0 Å². The lowest BCUT2D eigenvalue weighted by molar-refractivity contribution is -0.145. The number of esters is 1. The molecule has 0 aliphatic carbocycles. The van der Waals surface area contributed by atoms with Crippen molar-refractivity contribution in [2.75, 3.05) is 0 Å². The van der Waals surface area contributed by atoms with E-state index in [1.54, 1.807) is 6.92 Å². The molecule has 0 aromatic heterocycles. The van der Waals surface area contributed by atoms with Crippen molar-refractivity contribution in [1.29, 1.82) is 0 Å². The van der Waals surface area contributed by atoms with Crippen LogP contribution in [0.15, 0.2) is 12.3 Å². The van der Waals surface area contributed by atoms with Crippen LogP contribution in [0.3, 0.4) is 0 Å². The summed E-state index contributed by atoms with van der Waals surface area (Å²) in [5.41, 5.74) is 0. The second-order valence-corrected chi connectivity index (χ2v) is 2.52. The van der Waals surface area contributed by atoms with Crippen LogP contribution in [0.5, 0.6) is 0 Å². The Hall–Kier alpha value is -0.990. The topological polar surface area (TPSA) is 46.5 Å². The highest BCUT2D eigenvalue weighted by Crippen LogP contribution is 2.05. The number of allylic oxidation sites excluding steroid dienone is 1. The van der Waals surface area contributed by atoms with Gasteiger partial charge in [-0.2, -0.15) is 0 Å². The van der Waals surface area contributed by atoms with Crippen LogP contribution >= 0.6 is 0 Å². The van der Waals surface area contributed by atoms with Crippen molar-refractivity contribution in [3.8, 4) is 0 Å². The molecule has 1 unspecified atom stereocenters. The number of rotatable bonds is 4. The summed E-state index contributed by atoms with van der Waals surface area (Å²) in [4.78, 5) is 10.4. The third-order valence-corrected chi connectivity index (χ3v) is 1.21. The van der Waals surface area contributed by atoms with Crippen molar-refractivity contribution in [1.82, 2.24) is 0 Å². The van der Waals surface area contributed by atoms with Crippen LogP contribution in [0.25, 0.3) is 0 Å². The maximum Gasteiger partial charge on any atom is 0.302 e. The SMILES string of the molecule is C=C(O)CCC(C)OC(C)=O. The van der Waals surface area contributed by atoms with Gasteiger partial charge in [0.1, 0.15) is 0 Å². The van der Waals surface area contributed by atoms with Gasteiger partial charge in [0, 0.05) is 13.3 Å². The fourth-order valence-corrected chi connectivity index (χ4v) is 0.712. The monoisotopic (exact) mass is 158 g/mol. The summed E-state index contributed by atoms with van der Waals surface area (Å²) in [5, 5.41) is 8.70. The summed E-state index contributed by atoms with van der Waals surface area (Å²) < 4.78 is 4.81. The third kappa shape index (κ3) is 6.90. The summed E-state index contributed by atoms with van der Waals surface area (Å²) in [6, 6.07) is 0. The third-order valence-electron chi connectivity index (χ3n) is 1.21. The highest BCUT2D eigenvalue weighted by molar-refractivity contribution is 5.66. The maximum atomic E-state index is 10.4. The van der Waals surface area contributed by atoms with Gasteiger partial charge in [0.2, 0.25) is 0 Å². The zero-order valence-electron chi connectivity index (χ0n) is 6.96. The van der Waals surface area contributed by atoms with Gasteiger partial charge in [-0.05, 0) is 13.3 Å². The van der Waals surface area contributed by atoms with Crippen molar-refractivity contribution < 1.29 is 14.6 Å². The van der Waals surface area contributed by atoms with E-state index in [-0.39, 0.29) is 17.8 Å². The summed E-state index contributed by atoms with van der Waals surface area (Å²) in [5.74, 6) is -0.162. The first-order valence-corrected chi connectivity index (χ1v) is 3.56. The number of hydrogen-bond donors (Lipinski definition) is 1. The number of aliphatic hydroxyl groups is 1. The minimum Gasteiger partial charge on any atom is -0.513 e. The molecule has 64 valence electrons. The van der Waals surface area contributed by atoms with E-state index in [0.29, 0.717) is 12.8 Å². The van der Waals surface area contributed by atoms with Gasteiger partial charge in [-0.1, -0.05) is 6.58 Å². The van der Waals surface area contributed by atoms with Crippen LogP contribution < -0.4 is 0 Å². The Labute approximate surface area is 66.7 Å². The summed E-state index contributed by atoms with van der Waals surface area (Å²) >= 11 is 0. The van der Waals surface area contributed by atoms with Gasteiger partial charge in [0.25, 0.3) is 0 Å². The zero-order valence-corrected chi connectivity index (χ0v) is 6.96. The molecule has 0 saturated carbocycles. The normalized spacial score (nSPS) is 12.2. The molecule has 3 nitrogen and oxygen atoms in total. The van der Waals surface area contributed by atoms with Gasteiger partial charge < -0.3 is 9.84 Å². The van der Waals surface area contributed by atoms with Gasteiger partial charge in [-0.3, -0.25) is 4.79 Å². The number of ether oxygens (including phenoxy) is 1. The van der Waals surface area contributed by atoms with Gasteiger partial charge >= 0.3 is 5.97 Å². The average Bonchev–Trinajstić information content (AvgIpc) is 1.82. The molecule has 0 aromatic rings. The van der Waals surface area contributed by atoms with E-state index in [1.807, 2.05) is 0 Å². The van der Waals surface area contributed by atoms with Crippen LogP contribution in [0.1, 0.15) is 26.7 Å². The molecule has 0 radical (unpaired) electrons. The predicted molar refractivity (Wildman–Crippen MR) is 42.2 cm³/mol. The lowest BCUT2D eigenvalue weighted by Crippen LogP contribution is -2.11. The van der Waals surface area contributed by atoms with Crippen molar-refractivity contribution in [3.63, 3.8) is 0 Å². The minimum absolute atomic E-state index is 0.129. The van der Waals surface area contributed by atoms with Crippen molar-refractivity contribution in [3.05, 3.63) is 12.3 Å². The van der Waals surface area contributed by atoms with E-state index in [4.69, 9.17) is 9.84 Å². The van der Waals surface area contributed by atoms with E-state index < -0.39 is 0 Å². The maximum absolute atomic E-state index is 10.4. The smallest absolute Gasteiger partial charge is 0.302 e. The molecule has 0 aliphatic heterocycles. The number of carbonyl (C=O) groups is 1. The van der Waals surface area contributed by atoms with Gasteiger partial charge in [-0.25, -0.2) is 0 Å². The molecule has 1 N–H and O–H groups in total. The van der Waals surface area contributed by atoms with Gasteiger partial charge in [0.05, 0.1) is 11.9 Å². The lowest BCUT2D eigenvalue weighted by Gasteiger charge is -2.10. The van der Waals surface area contributed by atoms with Crippen molar-refractivity contribution in [2.45, 2.75) is 32.8 Å². The second kappa shape index (κ2) is 4.77. The minimum atomic E-state index is -0.291. The van der Waals surface area contributed by atoms with Crippen LogP contribution in [-0.2, 0) is 9.53 Å². The number of aliphatic hydroxyl groups excluding tert-OH is 1. The van der Waals surface area contributed by atoms with E-state index in [1.165, 1.54) is 6.92 Å². The Balaban J connectivity index is 3.44. The van der Waals surface area contributed by atoms with Crippen LogP contribution in [-0.4, -0.2) is 17.2 Å². The molecule has 0 heterocycles. The lowest BCUT2D eigenvalue weighted by atomic mass is 10.2.